The maximum absolute atomic E-state index is 14.6. The first-order valence-corrected chi connectivity index (χ1v) is 26.9. The van der Waals surface area contributed by atoms with Crippen LogP contribution in [0, 0.1) is 0 Å². The van der Waals surface area contributed by atoms with E-state index in [0.717, 1.165) is 15.4 Å². The minimum absolute atomic E-state index is 0.0875. The van der Waals surface area contributed by atoms with Gasteiger partial charge in [-0.15, -0.1) is 20.4 Å². The highest BCUT2D eigenvalue weighted by Crippen LogP contribution is 2.30. The average Bonchev–Trinajstić information content (AvgIpc) is 3.42. The zero-order valence-electron chi connectivity index (χ0n) is 39.4. The number of amides is 1. The van der Waals surface area contributed by atoms with E-state index in [0.29, 0.717) is 102 Å². The highest BCUT2D eigenvalue weighted by atomic mass is 35.5. The molecule has 5 aromatic carbocycles. The SMILES string of the molecule is O=C(CN(c1cccc(-c2ccc(OCCc3ccc(Cl)cc3)nn2)c1)S(=O)(=O)c1ccc(N2CCOCC2)nc1)Nc1ccc(S(=O)(=O)Nc2cccc(-c3ccc(OCCc4ccc(Cl)cc4)nn3)c2)cc1. The van der Waals surface area contributed by atoms with E-state index in [1.165, 1.54) is 36.5 Å². The first kappa shape index (κ1) is 51.2. The van der Waals surface area contributed by atoms with Crippen molar-refractivity contribution in [3.8, 4) is 34.3 Å². The van der Waals surface area contributed by atoms with E-state index >= 15 is 0 Å². The number of carbonyl (C=O) groups is 1. The van der Waals surface area contributed by atoms with Gasteiger partial charge in [-0.25, -0.2) is 21.8 Å². The number of halogens is 2. The Hall–Kier alpha value is -7.68. The fraction of sp³-hybridized carbons (Fsp3) is 0.170. The van der Waals surface area contributed by atoms with Gasteiger partial charge < -0.3 is 24.4 Å². The number of benzene rings is 5. The Morgan fingerprint density at radius 2 is 1.19 bits per heavy atom. The van der Waals surface area contributed by atoms with Crippen LogP contribution in [0.25, 0.3) is 22.5 Å². The molecule has 0 bridgehead atoms. The first-order valence-electron chi connectivity index (χ1n) is 23.2. The fourth-order valence-corrected chi connectivity index (χ4v) is 10.4. The summed E-state index contributed by atoms with van der Waals surface area (Å²) in [5.74, 6) is 0.539. The van der Waals surface area contributed by atoms with E-state index in [2.05, 4.69) is 35.4 Å². The van der Waals surface area contributed by atoms with Crippen molar-refractivity contribution in [2.45, 2.75) is 22.6 Å². The van der Waals surface area contributed by atoms with Gasteiger partial charge in [-0.1, -0.05) is 71.7 Å². The number of ether oxygens (including phenoxy) is 3. The van der Waals surface area contributed by atoms with E-state index in [-0.39, 0.29) is 26.9 Å². The van der Waals surface area contributed by atoms with Crippen molar-refractivity contribution in [2.75, 3.05) is 65.3 Å². The molecule has 0 saturated carbocycles. The van der Waals surface area contributed by atoms with Crippen LogP contribution in [0.3, 0.4) is 0 Å². The van der Waals surface area contributed by atoms with E-state index < -0.39 is 32.5 Å². The lowest BCUT2D eigenvalue weighted by molar-refractivity contribution is -0.114. The summed E-state index contributed by atoms with van der Waals surface area (Å²) in [6, 6.07) is 43.6. The second-order valence-corrected chi connectivity index (χ2v) is 21.2. The van der Waals surface area contributed by atoms with Gasteiger partial charge in [0.2, 0.25) is 17.7 Å². The zero-order chi connectivity index (χ0) is 51.5. The predicted molar refractivity (Wildman–Crippen MR) is 284 cm³/mol. The van der Waals surface area contributed by atoms with Gasteiger partial charge in [-0.2, -0.15) is 0 Å². The molecule has 0 aliphatic carbocycles. The lowest BCUT2D eigenvalue weighted by Crippen LogP contribution is -2.38. The highest BCUT2D eigenvalue weighted by molar-refractivity contribution is 7.93. The summed E-state index contributed by atoms with van der Waals surface area (Å²) in [5.41, 5.74) is 4.85. The summed E-state index contributed by atoms with van der Waals surface area (Å²) in [6.07, 6.45) is 2.56. The Balaban J connectivity index is 0.866. The number of sulfonamides is 2. The molecule has 17 nitrogen and oxygen atoms in total. The van der Waals surface area contributed by atoms with Crippen molar-refractivity contribution in [1.82, 2.24) is 25.4 Å². The van der Waals surface area contributed by atoms with E-state index in [4.69, 9.17) is 37.4 Å². The van der Waals surface area contributed by atoms with Crippen LogP contribution < -0.4 is 28.7 Å². The number of anilines is 4. The van der Waals surface area contributed by atoms with Crippen LogP contribution in [-0.2, 0) is 42.4 Å². The van der Waals surface area contributed by atoms with Gasteiger partial charge in [0.1, 0.15) is 17.3 Å². The Morgan fingerprint density at radius 1 is 0.622 bits per heavy atom. The number of nitrogens with one attached hydrogen (secondary N) is 2. The normalized spacial score (nSPS) is 12.7. The number of pyridine rings is 1. The molecule has 1 fully saturated rings. The van der Waals surface area contributed by atoms with Gasteiger partial charge in [0, 0.05) is 76.8 Å². The molecule has 378 valence electrons. The Labute approximate surface area is 438 Å². The number of hydrogen-bond donors (Lipinski definition) is 2. The van der Waals surface area contributed by atoms with Crippen LogP contribution in [0.1, 0.15) is 11.1 Å². The van der Waals surface area contributed by atoms with Gasteiger partial charge in [0.25, 0.3) is 20.0 Å². The third-order valence-corrected chi connectivity index (χ3v) is 15.3. The van der Waals surface area contributed by atoms with Gasteiger partial charge in [0.15, 0.2) is 0 Å². The van der Waals surface area contributed by atoms with Crippen LogP contribution in [0.15, 0.2) is 174 Å². The van der Waals surface area contributed by atoms with Gasteiger partial charge in [0.05, 0.1) is 48.4 Å². The summed E-state index contributed by atoms with van der Waals surface area (Å²) in [4.78, 5) is 20.1. The molecule has 1 saturated heterocycles. The molecule has 1 aliphatic rings. The first-order chi connectivity index (χ1) is 35.8. The number of hydrogen-bond acceptors (Lipinski definition) is 14. The molecule has 1 aliphatic heterocycles. The van der Waals surface area contributed by atoms with Crippen LogP contribution in [0.2, 0.25) is 10.0 Å². The molecule has 0 radical (unpaired) electrons. The molecule has 0 unspecified atom stereocenters. The molecule has 0 atom stereocenters. The Kier molecular flexibility index (Phi) is 16.2. The molecule has 21 heteroatoms. The van der Waals surface area contributed by atoms with Crippen molar-refractivity contribution in [3.63, 3.8) is 0 Å². The van der Waals surface area contributed by atoms with Crippen molar-refractivity contribution < 1.29 is 35.8 Å². The monoisotopic (exact) mass is 1070 g/mol. The van der Waals surface area contributed by atoms with E-state index in [1.54, 1.807) is 78.9 Å². The minimum atomic E-state index is -4.42. The Bertz CT molecular complexity index is 3410. The van der Waals surface area contributed by atoms with Crippen molar-refractivity contribution >= 4 is 72.0 Å². The molecular weight excluding hydrogens is 1030 g/mol. The number of morpholine rings is 1. The molecule has 8 aromatic rings. The molecule has 4 heterocycles. The topological polar surface area (TPSA) is 208 Å². The van der Waals surface area contributed by atoms with E-state index in [9.17, 15) is 21.6 Å². The van der Waals surface area contributed by atoms with Gasteiger partial charge >= 0.3 is 0 Å². The molecule has 74 heavy (non-hydrogen) atoms. The summed E-state index contributed by atoms with van der Waals surface area (Å²) in [7, 11) is -8.53. The summed E-state index contributed by atoms with van der Waals surface area (Å²) < 4.78 is 76.9. The van der Waals surface area contributed by atoms with Crippen molar-refractivity contribution in [2.24, 2.45) is 0 Å². The lowest BCUT2D eigenvalue weighted by atomic mass is 10.1. The maximum atomic E-state index is 14.6. The van der Waals surface area contributed by atoms with Crippen LogP contribution in [-0.4, -0.2) is 94.2 Å². The molecule has 3 aromatic heterocycles. The average molecular weight is 1070 g/mol. The van der Waals surface area contributed by atoms with Gasteiger partial charge in [-0.05, 0) is 108 Å². The zero-order valence-corrected chi connectivity index (χ0v) is 42.6. The second-order valence-electron chi connectivity index (χ2n) is 16.7. The maximum Gasteiger partial charge on any atom is 0.266 e. The summed E-state index contributed by atoms with van der Waals surface area (Å²) >= 11 is 12.0. The highest BCUT2D eigenvalue weighted by Gasteiger charge is 2.29. The van der Waals surface area contributed by atoms with E-state index in [1.807, 2.05) is 53.4 Å². The smallest absolute Gasteiger partial charge is 0.266 e. The van der Waals surface area contributed by atoms with Gasteiger partial charge in [-0.3, -0.25) is 13.8 Å². The minimum Gasteiger partial charge on any atom is -0.476 e. The third kappa shape index (κ3) is 13.3. The quantitative estimate of drug-likeness (QED) is 0.0730. The van der Waals surface area contributed by atoms with Crippen LogP contribution in [0.5, 0.6) is 11.8 Å². The van der Waals surface area contributed by atoms with Crippen molar-refractivity contribution in [1.29, 1.82) is 0 Å². The third-order valence-electron chi connectivity index (χ3n) is 11.6. The van der Waals surface area contributed by atoms with Crippen LogP contribution in [0.4, 0.5) is 22.9 Å². The number of nitrogens with zero attached hydrogens (tertiary/aromatic N) is 7. The van der Waals surface area contributed by atoms with Crippen LogP contribution >= 0.6 is 23.2 Å². The molecule has 9 rings (SSSR count). The summed E-state index contributed by atoms with van der Waals surface area (Å²) in [6.45, 7) is 2.34. The molecule has 1 amide bonds. The summed E-state index contributed by atoms with van der Waals surface area (Å²) in [5, 5.41) is 21.0. The largest absolute Gasteiger partial charge is 0.476 e. The number of rotatable bonds is 20. The Morgan fingerprint density at radius 3 is 1.74 bits per heavy atom. The standard InChI is InChI=1S/C53H47Cl2N9O8S2/c54-41-11-7-37(8-12-41)25-29-71-52-23-20-48(58-60-52)39-3-1-5-44(33-39)62-73(66,67)46-17-15-43(16-18-46)57-51(65)36-64(74(68,69)47-19-22-50(56-35-47)63-27-31-70-32-28-63)45-6-2-4-40(34-45)49-21-24-53(61-59-49)72-30-26-38-9-13-42(55)14-10-38/h1-24,33-35,62H,25-32,36H2,(H,57,65). The number of carbonyl (C=O) groups excluding carboxylic acids is 1. The second kappa shape index (κ2) is 23.5. The fourth-order valence-electron chi connectivity index (χ4n) is 7.72. The van der Waals surface area contributed by atoms with Crippen molar-refractivity contribution in [3.05, 3.63) is 185 Å². The molecule has 0 spiro atoms. The number of aromatic nitrogens is 5. The molecular formula is C53H47Cl2N9O8S2. The predicted octanol–water partition coefficient (Wildman–Crippen LogP) is 9.02. The lowest BCUT2D eigenvalue weighted by Gasteiger charge is -2.28. The molecule has 2 N–H and O–H groups in total.